The highest BCUT2D eigenvalue weighted by atomic mass is 15.1. The summed E-state index contributed by atoms with van der Waals surface area (Å²) >= 11 is 0. The van der Waals surface area contributed by atoms with Crippen LogP contribution >= 0.6 is 0 Å². The van der Waals surface area contributed by atoms with Crippen molar-refractivity contribution >= 4 is 5.82 Å². The summed E-state index contributed by atoms with van der Waals surface area (Å²) in [6.45, 7) is 6.88. The Labute approximate surface area is 109 Å². The molecular weight excluding hydrogens is 224 g/mol. The number of hydrogen-bond donors (Lipinski definition) is 2. The van der Waals surface area contributed by atoms with E-state index in [0.717, 1.165) is 23.8 Å². The lowest BCUT2D eigenvalue weighted by Gasteiger charge is -2.43. The van der Waals surface area contributed by atoms with Crippen molar-refractivity contribution in [1.29, 1.82) is 0 Å². The maximum absolute atomic E-state index is 6.05. The fourth-order valence-electron chi connectivity index (χ4n) is 2.99. The highest BCUT2D eigenvalue weighted by Crippen LogP contribution is 2.35. The Bertz CT molecular complexity index is 398. The van der Waals surface area contributed by atoms with E-state index in [-0.39, 0.29) is 5.54 Å². The van der Waals surface area contributed by atoms with Crippen molar-refractivity contribution in [3.05, 3.63) is 17.6 Å². The molecule has 0 aromatic carbocycles. The zero-order chi connectivity index (χ0) is 13.2. The van der Waals surface area contributed by atoms with Gasteiger partial charge in [0.05, 0.1) is 5.54 Å². The summed E-state index contributed by atoms with van der Waals surface area (Å²) in [4.78, 5) is 8.79. The van der Waals surface area contributed by atoms with Gasteiger partial charge in [-0.3, -0.25) is 0 Å². The van der Waals surface area contributed by atoms with Crippen LogP contribution in [-0.4, -0.2) is 22.1 Å². The highest BCUT2D eigenvalue weighted by molar-refractivity contribution is 5.40. The van der Waals surface area contributed by atoms with Crippen LogP contribution in [0.25, 0.3) is 0 Å². The number of aryl methyl sites for hydroxylation is 2. The van der Waals surface area contributed by atoms with E-state index in [2.05, 4.69) is 22.2 Å². The van der Waals surface area contributed by atoms with Crippen molar-refractivity contribution in [2.24, 2.45) is 11.7 Å². The molecule has 2 unspecified atom stereocenters. The quantitative estimate of drug-likeness (QED) is 0.862. The second kappa shape index (κ2) is 5.22. The second-order valence-electron chi connectivity index (χ2n) is 5.57. The lowest BCUT2D eigenvalue weighted by molar-refractivity contribution is 0.235. The molecule has 2 atom stereocenters. The number of rotatable bonds is 3. The molecule has 0 amide bonds. The molecule has 1 fully saturated rings. The molecule has 0 spiro atoms. The van der Waals surface area contributed by atoms with E-state index in [9.17, 15) is 0 Å². The van der Waals surface area contributed by atoms with E-state index in [0.29, 0.717) is 12.5 Å². The van der Waals surface area contributed by atoms with Gasteiger partial charge in [0, 0.05) is 18.3 Å². The first-order valence-corrected chi connectivity index (χ1v) is 6.86. The van der Waals surface area contributed by atoms with Crippen molar-refractivity contribution in [3.63, 3.8) is 0 Å². The van der Waals surface area contributed by atoms with Crippen molar-refractivity contribution in [3.8, 4) is 0 Å². The molecule has 0 radical (unpaired) electrons. The normalized spacial score (nSPS) is 28.1. The third kappa shape index (κ3) is 2.64. The monoisotopic (exact) mass is 248 g/mol. The molecule has 1 saturated carbocycles. The van der Waals surface area contributed by atoms with Gasteiger partial charge in [-0.05, 0) is 32.6 Å². The van der Waals surface area contributed by atoms with Crippen LogP contribution in [0.4, 0.5) is 5.82 Å². The van der Waals surface area contributed by atoms with Gasteiger partial charge in [-0.25, -0.2) is 9.97 Å². The van der Waals surface area contributed by atoms with Crippen molar-refractivity contribution < 1.29 is 0 Å². The van der Waals surface area contributed by atoms with Crippen molar-refractivity contribution in [2.45, 2.75) is 52.0 Å². The molecule has 0 bridgehead atoms. The third-order valence-electron chi connectivity index (χ3n) is 4.16. The number of hydrogen-bond acceptors (Lipinski definition) is 4. The van der Waals surface area contributed by atoms with Gasteiger partial charge in [0.25, 0.3) is 0 Å². The standard InChI is InChI=1S/C14H24N4/c1-10-6-4-5-7-14(10,9-15)18-13-8-11(2)16-12(3)17-13/h8,10H,4-7,9,15H2,1-3H3,(H,16,17,18). The van der Waals surface area contributed by atoms with Crippen LogP contribution in [0.2, 0.25) is 0 Å². The van der Waals surface area contributed by atoms with Crippen LogP contribution in [0.5, 0.6) is 0 Å². The molecule has 4 heteroatoms. The minimum atomic E-state index is 0.00544. The molecular formula is C14H24N4. The molecule has 0 saturated heterocycles. The topological polar surface area (TPSA) is 63.8 Å². The number of nitrogens with zero attached hydrogens (tertiary/aromatic N) is 2. The third-order valence-corrected chi connectivity index (χ3v) is 4.16. The molecule has 1 aliphatic carbocycles. The number of anilines is 1. The molecule has 1 aliphatic rings. The first kappa shape index (κ1) is 13.3. The maximum Gasteiger partial charge on any atom is 0.130 e. The van der Waals surface area contributed by atoms with Crippen LogP contribution in [0.3, 0.4) is 0 Å². The van der Waals surface area contributed by atoms with E-state index in [1.54, 1.807) is 0 Å². The van der Waals surface area contributed by atoms with E-state index in [1.807, 2.05) is 19.9 Å². The Morgan fingerprint density at radius 1 is 1.39 bits per heavy atom. The summed E-state index contributed by atoms with van der Waals surface area (Å²) < 4.78 is 0. The van der Waals surface area contributed by atoms with Gasteiger partial charge >= 0.3 is 0 Å². The first-order valence-electron chi connectivity index (χ1n) is 6.86. The van der Waals surface area contributed by atoms with E-state index in [4.69, 9.17) is 5.73 Å². The number of nitrogens with two attached hydrogens (primary N) is 1. The Balaban J connectivity index is 2.23. The minimum absolute atomic E-state index is 0.00544. The van der Waals surface area contributed by atoms with E-state index >= 15 is 0 Å². The van der Waals surface area contributed by atoms with Gasteiger partial charge in [-0.15, -0.1) is 0 Å². The molecule has 1 aromatic rings. The summed E-state index contributed by atoms with van der Waals surface area (Å²) in [5.74, 6) is 2.32. The molecule has 100 valence electrons. The first-order chi connectivity index (χ1) is 8.55. The van der Waals surface area contributed by atoms with E-state index < -0.39 is 0 Å². The van der Waals surface area contributed by atoms with Gasteiger partial charge in [0.1, 0.15) is 11.6 Å². The molecule has 2 rings (SSSR count). The lowest BCUT2D eigenvalue weighted by atomic mass is 9.73. The average Bonchev–Trinajstić information content (AvgIpc) is 2.31. The zero-order valence-corrected chi connectivity index (χ0v) is 11.7. The summed E-state index contributed by atoms with van der Waals surface area (Å²) in [5.41, 5.74) is 7.05. The molecule has 1 aromatic heterocycles. The Hall–Kier alpha value is -1.16. The predicted octanol–water partition coefficient (Wildman–Crippen LogP) is 2.41. The van der Waals surface area contributed by atoms with Gasteiger partial charge in [0.2, 0.25) is 0 Å². The van der Waals surface area contributed by atoms with Gasteiger partial charge in [-0.2, -0.15) is 0 Å². The lowest BCUT2D eigenvalue weighted by Crippen LogP contribution is -2.52. The molecule has 4 nitrogen and oxygen atoms in total. The highest BCUT2D eigenvalue weighted by Gasteiger charge is 2.37. The van der Waals surface area contributed by atoms with Crippen LogP contribution in [0.1, 0.15) is 44.1 Å². The Kier molecular flexibility index (Phi) is 3.85. The zero-order valence-electron chi connectivity index (χ0n) is 11.7. The SMILES string of the molecule is Cc1cc(NC2(CN)CCCCC2C)nc(C)n1. The molecule has 0 aliphatic heterocycles. The van der Waals surface area contributed by atoms with E-state index in [1.165, 1.54) is 19.3 Å². The smallest absolute Gasteiger partial charge is 0.130 e. The second-order valence-corrected chi connectivity index (χ2v) is 5.57. The largest absolute Gasteiger partial charge is 0.363 e. The summed E-state index contributed by atoms with van der Waals surface area (Å²) in [5, 5.41) is 3.60. The van der Waals surface area contributed by atoms with Crippen LogP contribution in [0, 0.1) is 19.8 Å². The predicted molar refractivity (Wildman–Crippen MR) is 74.5 cm³/mol. The number of nitrogens with one attached hydrogen (secondary N) is 1. The molecule has 1 heterocycles. The van der Waals surface area contributed by atoms with Gasteiger partial charge in [0.15, 0.2) is 0 Å². The maximum atomic E-state index is 6.05. The molecule has 3 N–H and O–H groups in total. The summed E-state index contributed by atoms with van der Waals surface area (Å²) in [7, 11) is 0. The fraction of sp³-hybridized carbons (Fsp3) is 0.714. The fourth-order valence-corrected chi connectivity index (χ4v) is 2.99. The van der Waals surface area contributed by atoms with Crippen LogP contribution in [-0.2, 0) is 0 Å². The van der Waals surface area contributed by atoms with Crippen molar-refractivity contribution in [1.82, 2.24) is 9.97 Å². The Morgan fingerprint density at radius 3 is 2.78 bits per heavy atom. The minimum Gasteiger partial charge on any atom is -0.363 e. The van der Waals surface area contributed by atoms with Crippen LogP contribution < -0.4 is 11.1 Å². The van der Waals surface area contributed by atoms with Gasteiger partial charge in [-0.1, -0.05) is 19.8 Å². The van der Waals surface area contributed by atoms with Crippen LogP contribution in [0.15, 0.2) is 6.07 Å². The van der Waals surface area contributed by atoms with Gasteiger partial charge < -0.3 is 11.1 Å². The summed E-state index contributed by atoms with van der Waals surface area (Å²) in [6.07, 6.45) is 4.93. The van der Waals surface area contributed by atoms with Crippen molar-refractivity contribution in [2.75, 3.05) is 11.9 Å². The molecule has 18 heavy (non-hydrogen) atoms. The Morgan fingerprint density at radius 2 is 2.17 bits per heavy atom. The number of aromatic nitrogens is 2. The summed E-state index contributed by atoms with van der Waals surface area (Å²) in [6, 6.07) is 2.01. The average molecular weight is 248 g/mol.